The largest absolute Gasteiger partial charge is 0.244 e. The third-order valence-corrected chi connectivity index (χ3v) is 2.09. The van der Waals surface area contributed by atoms with E-state index in [0.29, 0.717) is 11.8 Å². The van der Waals surface area contributed by atoms with Crippen LogP contribution in [0.15, 0.2) is 5.10 Å². The van der Waals surface area contributed by atoms with Gasteiger partial charge in [-0.2, -0.15) is 5.10 Å². The van der Waals surface area contributed by atoms with Gasteiger partial charge in [-0.05, 0) is 18.3 Å². The predicted molar refractivity (Wildman–Crippen MR) is 43.7 cm³/mol. The Morgan fingerprint density at radius 1 is 1.64 bits per heavy atom. The zero-order chi connectivity index (χ0) is 8.48. The van der Waals surface area contributed by atoms with E-state index in [4.69, 9.17) is 0 Å². The van der Waals surface area contributed by atoms with Crippen LogP contribution in [0.3, 0.4) is 0 Å². The lowest BCUT2D eigenvalue weighted by molar-refractivity contribution is 0.590. The van der Waals surface area contributed by atoms with Gasteiger partial charge in [-0.15, -0.1) is 0 Å². The number of hydrazone groups is 1. The summed E-state index contributed by atoms with van der Waals surface area (Å²) in [5.41, 5.74) is 0. The van der Waals surface area contributed by atoms with Gasteiger partial charge in [-0.1, -0.05) is 6.92 Å². The molecule has 64 valence electrons. The normalized spacial score (nSPS) is 30.7. The fraction of sp³-hybridized carbons (Fsp3) is 0.833. The van der Waals surface area contributed by atoms with E-state index in [0.717, 1.165) is 12.7 Å². The van der Waals surface area contributed by atoms with Gasteiger partial charge in [0.25, 0.3) is 0 Å². The summed E-state index contributed by atoms with van der Waals surface area (Å²) in [5, 5.41) is 3.59. The van der Waals surface area contributed by atoms with Gasteiger partial charge in [0.1, 0.15) is 0 Å². The number of hydrogen-bond acceptors (Lipinski definition) is 3. The monoisotopic (exact) mass is 176 g/mol. The molecule has 0 saturated heterocycles. The summed E-state index contributed by atoms with van der Waals surface area (Å²) in [6.07, 6.45) is 3.86. The molecule has 5 heteroatoms. The molecule has 1 aliphatic carbocycles. The summed E-state index contributed by atoms with van der Waals surface area (Å²) in [6.45, 7) is 2.11. The third kappa shape index (κ3) is 3.36. The predicted octanol–water partition coefficient (Wildman–Crippen LogP) is 0.177. The molecule has 0 amide bonds. The molecule has 1 aliphatic rings. The minimum Gasteiger partial charge on any atom is -0.206 e. The van der Waals surface area contributed by atoms with Crippen molar-refractivity contribution in [2.75, 3.05) is 6.26 Å². The van der Waals surface area contributed by atoms with E-state index >= 15 is 0 Å². The van der Waals surface area contributed by atoms with Crippen molar-refractivity contribution in [3.05, 3.63) is 0 Å². The fourth-order valence-corrected chi connectivity index (χ4v) is 1.03. The first-order chi connectivity index (χ1) is 4.99. The topological polar surface area (TPSA) is 58.5 Å². The Labute approximate surface area is 66.7 Å². The highest BCUT2D eigenvalue weighted by molar-refractivity contribution is 7.88. The molecular weight excluding hydrogens is 164 g/mol. The number of nitrogens with one attached hydrogen (secondary N) is 1. The molecule has 4 nitrogen and oxygen atoms in total. The minimum absolute atomic E-state index is 0.476. The number of sulfonamides is 1. The molecule has 1 fully saturated rings. The Kier molecular flexibility index (Phi) is 2.17. The first-order valence-corrected chi connectivity index (χ1v) is 5.38. The molecule has 0 aromatic carbocycles. The second-order valence-electron chi connectivity index (χ2n) is 3.02. The van der Waals surface area contributed by atoms with Gasteiger partial charge in [-0.3, -0.25) is 0 Å². The van der Waals surface area contributed by atoms with Crippen molar-refractivity contribution < 1.29 is 8.42 Å². The second kappa shape index (κ2) is 2.81. The first-order valence-electron chi connectivity index (χ1n) is 3.49. The zero-order valence-electron chi connectivity index (χ0n) is 6.61. The maximum atomic E-state index is 10.5. The SMILES string of the molecule is CC1CC1/C=N/NS(C)(=O)=O. The second-order valence-corrected chi connectivity index (χ2v) is 4.75. The highest BCUT2D eigenvalue weighted by atomic mass is 32.2. The van der Waals surface area contributed by atoms with E-state index < -0.39 is 10.0 Å². The lowest BCUT2D eigenvalue weighted by Crippen LogP contribution is -2.15. The van der Waals surface area contributed by atoms with Gasteiger partial charge in [-0.25, -0.2) is 13.2 Å². The maximum Gasteiger partial charge on any atom is 0.244 e. The van der Waals surface area contributed by atoms with Gasteiger partial charge in [0.15, 0.2) is 0 Å². The summed E-state index contributed by atoms with van der Waals surface area (Å²) in [5.74, 6) is 1.14. The average Bonchev–Trinajstić information content (AvgIpc) is 2.43. The summed E-state index contributed by atoms with van der Waals surface area (Å²) < 4.78 is 21.0. The molecule has 0 aromatic heterocycles. The maximum absolute atomic E-state index is 10.5. The molecule has 1 saturated carbocycles. The highest BCUT2D eigenvalue weighted by Gasteiger charge is 2.30. The summed E-state index contributed by atoms with van der Waals surface area (Å²) >= 11 is 0. The van der Waals surface area contributed by atoms with Gasteiger partial charge >= 0.3 is 0 Å². The Balaban J connectivity index is 2.27. The number of nitrogens with zero attached hydrogens (tertiary/aromatic N) is 1. The van der Waals surface area contributed by atoms with Crippen molar-refractivity contribution in [1.82, 2.24) is 4.83 Å². The lowest BCUT2D eigenvalue weighted by atomic mass is 10.4. The molecule has 0 aromatic rings. The van der Waals surface area contributed by atoms with Crippen LogP contribution in [0.1, 0.15) is 13.3 Å². The Morgan fingerprint density at radius 3 is 2.55 bits per heavy atom. The quantitative estimate of drug-likeness (QED) is 0.492. The smallest absolute Gasteiger partial charge is 0.206 e. The molecule has 0 bridgehead atoms. The van der Waals surface area contributed by atoms with E-state index in [9.17, 15) is 8.42 Å². The van der Waals surface area contributed by atoms with Crippen LogP contribution < -0.4 is 4.83 Å². The first kappa shape index (κ1) is 8.52. The summed E-state index contributed by atoms with van der Waals surface area (Å²) in [7, 11) is -3.16. The fourth-order valence-electron chi connectivity index (χ4n) is 0.780. The summed E-state index contributed by atoms with van der Waals surface area (Å²) in [4.78, 5) is 2.06. The van der Waals surface area contributed by atoms with Crippen molar-refractivity contribution >= 4 is 16.2 Å². The van der Waals surface area contributed by atoms with Crippen molar-refractivity contribution in [2.45, 2.75) is 13.3 Å². The van der Waals surface area contributed by atoms with Crippen LogP contribution in [-0.2, 0) is 10.0 Å². The number of rotatable bonds is 3. The third-order valence-electron chi connectivity index (χ3n) is 1.66. The van der Waals surface area contributed by atoms with Crippen molar-refractivity contribution in [1.29, 1.82) is 0 Å². The van der Waals surface area contributed by atoms with Crippen LogP contribution in [0.2, 0.25) is 0 Å². The van der Waals surface area contributed by atoms with E-state index in [1.165, 1.54) is 0 Å². The lowest BCUT2D eigenvalue weighted by Gasteiger charge is -1.92. The van der Waals surface area contributed by atoms with Crippen molar-refractivity contribution in [2.24, 2.45) is 16.9 Å². The van der Waals surface area contributed by atoms with Gasteiger partial charge < -0.3 is 0 Å². The molecule has 1 N–H and O–H groups in total. The van der Waals surface area contributed by atoms with Gasteiger partial charge in [0.05, 0.1) is 6.26 Å². The zero-order valence-corrected chi connectivity index (χ0v) is 7.43. The van der Waals surface area contributed by atoms with E-state index in [2.05, 4.69) is 16.9 Å². The van der Waals surface area contributed by atoms with Crippen molar-refractivity contribution in [3.8, 4) is 0 Å². The standard InChI is InChI=1S/C6H12N2O2S/c1-5-3-6(5)4-7-8-11(2,9)10/h4-6,8H,3H2,1-2H3/b7-4+. The number of hydrogen-bond donors (Lipinski definition) is 1. The van der Waals surface area contributed by atoms with Crippen LogP contribution in [0, 0.1) is 11.8 Å². The highest BCUT2D eigenvalue weighted by Crippen LogP contribution is 2.35. The van der Waals surface area contributed by atoms with Crippen LogP contribution >= 0.6 is 0 Å². The van der Waals surface area contributed by atoms with Crippen LogP contribution in [0.25, 0.3) is 0 Å². The molecule has 0 aliphatic heterocycles. The van der Waals surface area contributed by atoms with Crippen molar-refractivity contribution in [3.63, 3.8) is 0 Å². The van der Waals surface area contributed by atoms with E-state index in [1.807, 2.05) is 0 Å². The van der Waals surface area contributed by atoms with Crippen LogP contribution in [-0.4, -0.2) is 20.9 Å². The van der Waals surface area contributed by atoms with Gasteiger partial charge in [0, 0.05) is 6.21 Å². The minimum atomic E-state index is -3.16. The average molecular weight is 176 g/mol. The molecule has 2 atom stereocenters. The molecule has 0 heterocycles. The van der Waals surface area contributed by atoms with E-state index in [1.54, 1.807) is 6.21 Å². The molecule has 11 heavy (non-hydrogen) atoms. The molecule has 0 radical (unpaired) electrons. The Hall–Kier alpha value is -0.580. The molecule has 2 unspecified atom stereocenters. The Bertz CT molecular complexity index is 258. The Morgan fingerprint density at radius 2 is 2.18 bits per heavy atom. The van der Waals surface area contributed by atoms with Crippen LogP contribution in [0.4, 0.5) is 0 Å². The molecular formula is C6H12N2O2S. The molecule has 1 rings (SSSR count). The summed E-state index contributed by atoms with van der Waals surface area (Å²) in [6, 6.07) is 0. The van der Waals surface area contributed by atoms with Gasteiger partial charge in [0.2, 0.25) is 10.0 Å². The van der Waals surface area contributed by atoms with Crippen LogP contribution in [0.5, 0.6) is 0 Å². The van der Waals surface area contributed by atoms with E-state index in [-0.39, 0.29) is 0 Å². The molecule has 0 spiro atoms.